The monoisotopic (exact) mass is 267 g/mol. The van der Waals surface area contributed by atoms with Gasteiger partial charge in [-0.05, 0) is 37.3 Å². The Morgan fingerprint density at radius 3 is 2.33 bits per heavy atom. The summed E-state index contributed by atoms with van der Waals surface area (Å²) in [4.78, 5) is 0.408. The fourth-order valence-electron chi connectivity index (χ4n) is 2.43. The van der Waals surface area contributed by atoms with Gasteiger partial charge in [-0.1, -0.05) is 31.5 Å². The van der Waals surface area contributed by atoms with Gasteiger partial charge in [0.2, 0.25) is 10.0 Å². The summed E-state index contributed by atoms with van der Waals surface area (Å²) in [6.45, 7) is 7.47. The zero-order chi connectivity index (χ0) is 13.4. The summed E-state index contributed by atoms with van der Waals surface area (Å²) < 4.78 is 26.7. The summed E-state index contributed by atoms with van der Waals surface area (Å²) >= 11 is 0. The second kappa shape index (κ2) is 4.67. The Hall–Kier alpha value is -0.870. The molecular formula is C14H21NO2S. The molecule has 0 spiro atoms. The average Bonchev–Trinajstić information content (AvgIpc) is 2.28. The van der Waals surface area contributed by atoms with Gasteiger partial charge in [-0.2, -0.15) is 4.31 Å². The third kappa shape index (κ3) is 2.75. The van der Waals surface area contributed by atoms with E-state index in [1.54, 1.807) is 16.4 Å². The van der Waals surface area contributed by atoms with Crippen LogP contribution in [0.2, 0.25) is 0 Å². The summed E-state index contributed by atoms with van der Waals surface area (Å²) in [5, 5.41) is 0. The predicted octanol–water partition coefficient (Wildman–Crippen LogP) is 2.81. The van der Waals surface area contributed by atoms with E-state index in [1.807, 2.05) is 19.1 Å². The van der Waals surface area contributed by atoms with Gasteiger partial charge >= 0.3 is 0 Å². The molecule has 1 aliphatic rings. The van der Waals surface area contributed by atoms with Gasteiger partial charge in [0, 0.05) is 13.1 Å². The highest BCUT2D eigenvalue weighted by Crippen LogP contribution is 2.31. The van der Waals surface area contributed by atoms with Crippen LogP contribution in [-0.2, 0) is 10.0 Å². The maximum Gasteiger partial charge on any atom is 0.243 e. The number of piperidine rings is 1. The van der Waals surface area contributed by atoms with Crippen LogP contribution in [0.1, 0.15) is 32.3 Å². The van der Waals surface area contributed by atoms with Crippen molar-refractivity contribution in [1.29, 1.82) is 0 Å². The van der Waals surface area contributed by atoms with E-state index < -0.39 is 10.0 Å². The van der Waals surface area contributed by atoms with Crippen molar-refractivity contribution in [2.45, 2.75) is 38.5 Å². The normalized spacial score (nSPS) is 20.8. The number of hydrogen-bond acceptors (Lipinski definition) is 2. The van der Waals surface area contributed by atoms with Gasteiger partial charge in [0.05, 0.1) is 4.90 Å². The Balaban J connectivity index is 2.28. The highest BCUT2D eigenvalue weighted by molar-refractivity contribution is 7.89. The van der Waals surface area contributed by atoms with E-state index in [0.29, 0.717) is 18.0 Å². The van der Waals surface area contributed by atoms with Gasteiger partial charge in [-0.3, -0.25) is 0 Å². The minimum Gasteiger partial charge on any atom is -0.207 e. The van der Waals surface area contributed by atoms with Crippen molar-refractivity contribution in [3.05, 3.63) is 29.8 Å². The number of benzene rings is 1. The van der Waals surface area contributed by atoms with Crippen LogP contribution in [0.3, 0.4) is 0 Å². The second-order valence-electron chi connectivity index (χ2n) is 5.92. The van der Waals surface area contributed by atoms with E-state index in [9.17, 15) is 8.42 Å². The highest BCUT2D eigenvalue weighted by atomic mass is 32.2. The minimum atomic E-state index is -3.32. The van der Waals surface area contributed by atoms with E-state index >= 15 is 0 Å². The average molecular weight is 267 g/mol. The van der Waals surface area contributed by atoms with Gasteiger partial charge in [0.1, 0.15) is 0 Å². The molecule has 3 nitrogen and oxygen atoms in total. The molecule has 4 heteroatoms. The Kier molecular flexibility index (Phi) is 3.52. The Bertz CT molecular complexity index is 517. The lowest BCUT2D eigenvalue weighted by Gasteiger charge is -2.37. The van der Waals surface area contributed by atoms with Crippen LogP contribution in [0.25, 0.3) is 0 Å². The molecule has 1 aromatic carbocycles. The van der Waals surface area contributed by atoms with Gasteiger partial charge in [-0.25, -0.2) is 8.42 Å². The zero-order valence-corrected chi connectivity index (χ0v) is 12.1. The first kappa shape index (κ1) is 13.6. The van der Waals surface area contributed by atoms with E-state index in [0.717, 1.165) is 18.4 Å². The summed E-state index contributed by atoms with van der Waals surface area (Å²) in [7, 11) is -3.32. The van der Waals surface area contributed by atoms with Gasteiger partial charge < -0.3 is 0 Å². The van der Waals surface area contributed by atoms with Crippen molar-refractivity contribution in [3.8, 4) is 0 Å². The SMILES string of the molecule is Cc1ccc(S(=O)(=O)N2CCCC(C)(C)C2)cc1. The molecular weight excluding hydrogens is 246 g/mol. The van der Waals surface area contributed by atoms with Crippen LogP contribution in [0.5, 0.6) is 0 Å². The molecule has 18 heavy (non-hydrogen) atoms. The predicted molar refractivity (Wildman–Crippen MR) is 73.0 cm³/mol. The van der Waals surface area contributed by atoms with Crippen molar-refractivity contribution in [1.82, 2.24) is 4.31 Å². The molecule has 2 rings (SSSR count). The number of rotatable bonds is 2. The molecule has 0 saturated carbocycles. The van der Waals surface area contributed by atoms with Crippen LogP contribution in [0, 0.1) is 12.3 Å². The Morgan fingerprint density at radius 2 is 1.78 bits per heavy atom. The molecule has 0 unspecified atom stereocenters. The summed E-state index contributed by atoms with van der Waals surface area (Å²) in [6.07, 6.45) is 2.03. The van der Waals surface area contributed by atoms with Crippen molar-refractivity contribution in [2.24, 2.45) is 5.41 Å². The highest BCUT2D eigenvalue weighted by Gasteiger charge is 2.33. The molecule has 0 N–H and O–H groups in total. The van der Waals surface area contributed by atoms with Crippen LogP contribution in [-0.4, -0.2) is 25.8 Å². The number of aryl methyl sites for hydroxylation is 1. The van der Waals surface area contributed by atoms with Crippen LogP contribution >= 0.6 is 0 Å². The smallest absolute Gasteiger partial charge is 0.207 e. The number of nitrogens with zero attached hydrogens (tertiary/aromatic N) is 1. The third-order valence-corrected chi connectivity index (χ3v) is 5.38. The molecule has 1 heterocycles. The van der Waals surface area contributed by atoms with E-state index in [2.05, 4.69) is 13.8 Å². The summed E-state index contributed by atoms with van der Waals surface area (Å²) in [6, 6.07) is 7.10. The van der Waals surface area contributed by atoms with Crippen LogP contribution < -0.4 is 0 Å². The molecule has 0 bridgehead atoms. The third-order valence-electron chi connectivity index (χ3n) is 3.52. The van der Waals surface area contributed by atoms with E-state index in [4.69, 9.17) is 0 Å². The molecule has 0 radical (unpaired) electrons. The quantitative estimate of drug-likeness (QED) is 0.826. The molecule has 100 valence electrons. The molecule has 1 saturated heterocycles. The second-order valence-corrected chi connectivity index (χ2v) is 7.86. The van der Waals surface area contributed by atoms with Crippen molar-refractivity contribution in [2.75, 3.05) is 13.1 Å². The first-order valence-electron chi connectivity index (χ1n) is 6.38. The van der Waals surface area contributed by atoms with Gasteiger partial charge in [0.25, 0.3) is 0 Å². The maximum atomic E-state index is 12.5. The largest absolute Gasteiger partial charge is 0.243 e. The lowest BCUT2D eigenvalue weighted by atomic mass is 9.85. The van der Waals surface area contributed by atoms with E-state index in [1.165, 1.54) is 0 Å². The molecule has 0 amide bonds. The Labute approximate surface area is 110 Å². The first-order valence-corrected chi connectivity index (χ1v) is 7.82. The molecule has 1 fully saturated rings. The number of hydrogen-bond donors (Lipinski definition) is 0. The Morgan fingerprint density at radius 1 is 1.17 bits per heavy atom. The van der Waals surface area contributed by atoms with Crippen LogP contribution in [0.15, 0.2) is 29.2 Å². The maximum absolute atomic E-state index is 12.5. The van der Waals surface area contributed by atoms with Gasteiger partial charge in [0.15, 0.2) is 0 Å². The molecule has 0 aromatic heterocycles. The van der Waals surface area contributed by atoms with E-state index in [-0.39, 0.29) is 5.41 Å². The summed E-state index contributed by atoms with van der Waals surface area (Å²) in [5.41, 5.74) is 1.16. The lowest BCUT2D eigenvalue weighted by molar-refractivity contribution is 0.187. The topological polar surface area (TPSA) is 37.4 Å². The van der Waals surface area contributed by atoms with Gasteiger partial charge in [-0.15, -0.1) is 0 Å². The summed E-state index contributed by atoms with van der Waals surface area (Å²) in [5.74, 6) is 0. The standard InChI is InChI=1S/C14H21NO2S/c1-12-5-7-13(8-6-12)18(16,17)15-10-4-9-14(2,3)11-15/h5-8H,4,9-11H2,1-3H3. The molecule has 1 aliphatic heterocycles. The van der Waals surface area contributed by atoms with Crippen molar-refractivity contribution >= 4 is 10.0 Å². The first-order chi connectivity index (χ1) is 8.31. The van der Waals surface area contributed by atoms with Crippen molar-refractivity contribution in [3.63, 3.8) is 0 Å². The fourth-order valence-corrected chi connectivity index (χ4v) is 4.10. The lowest BCUT2D eigenvalue weighted by Crippen LogP contribution is -2.43. The minimum absolute atomic E-state index is 0.0794. The molecule has 0 aliphatic carbocycles. The van der Waals surface area contributed by atoms with Crippen molar-refractivity contribution < 1.29 is 8.42 Å². The molecule has 1 aromatic rings. The zero-order valence-electron chi connectivity index (χ0n) is 11.3. The molecule has 0 atom stereocenters. The fraction of sp³-hybridized carbons (Fsp3) is 0.571. The van der Waals surface area contributed by atoms with Crippen LogP contribution in [0.4, 0.5) is 0 Å². The number of sulfonamides is 1.